The molecule has 0 spiro atoms. The van der Waals surface area contributed by atoms with Gasteiger partial charge < -0.3 is 15.6 Å². The van der Waals surface area contributed by atoms with E-state index in [-0.39, 0.29) is 5.91 Å². The fourth-order valence-electron chi connectivity index (χ4n) is 3.67. The van der Waals surface area contributed by atoms with E-state index in [1.54, 1.807) is 37.8 Å². The van der Waals surface area contributed by atoms with Crippen molar-refractivity contribution in [3.8, 4) is 16.6 Å². The van der Waals surface area contributed by atoms with Crippen LogP contribution >= 0.6 is 23.3 Å². The molecule has 0 atom stereocenters. The first-order valence-electron chi connectivity index (χ1n) is 10.3. The molecule has 0 unspecified atom stereocenters. The number of carbonyl (C=O) groups excluding carboxylic acids is 1. The Hall–Kier alpha value is -3.46. The van der Waals surface area contributed by atoms with Gasteiger partial charge in [-0.15, -0.1) is 11.3 Å². The van der Waals surface area contributed by atoms with Crippen LogP contribution in [0.3, 0.4) is 0 Å². The second-order valence-corrected chi connectivity index (χ2v) is 9.51. The first kappa shape index (κ1) is 21.4. The van der Waals surface area contributed by atoms with Gasteiger partial charge in [-0.05, 0) is 43.0 Å². The van der Waals surface area contributed by atoms with Gasteiger partial charge in [0.1, 0.15) is 20.6 Å². The van der Waals surface area contributed by atoms with Crippen LogP contribution in [0, 0.1) is 11.3 Å². The van der Waals surface area contributed by atoms with Crippen LogP contribution in [0.1, 0.15) is 28.1 Å². The van der Waals surface area contributed by atoms with Gasteiger partial charge in [-0.3, -0.25) is 9.52 Å². The number of hydrogen-bond donors (Lipinski definition) is 4. The Morgan fingerprint density at radius 3 is 2.94 bits per heavy atom. The van der Waals surface area contributed by atoms with Crippen LogP contribution < -0.4 is 15.4 Å². The lowest BCUT2D eigenvalue weighted by Crippen LogP contribution is -2.45. The van der Waals surface area contributed by atoms with Gasteiger partial charge in [0.05, 0.1) is 29.1 Å². The van der Waals surface area contributed by atoms with Gasteiger partial charge in [0.2, 0.25) is 0 Å². The quantitative estimate of drug-likeness (QED) is 0.298. The van der Waals surface area contributed by atoms with Crippen molar-refractivity contribution < 1.29 is 4.79 Å². The molecule has 4 heterocycles. The van der Waals surface area contributed by atoms with E-state index >= 15 is 0 Å². The molecular formula is C22H20N8OS2. The lowest BCUT2D eigenvalue weighted by molar-refractivity contribution is 0.0967. The molecule has 0 aromatic carbocycles. The molecule has 1 aliphatic rings. The van der Waals surface area contributed by atoms with Gasteiger partial charge >= 0.3 is 0 Å². The lowest BCUT2D eigenvalue weighted by atomic mass is 9.87. The first-order chi connectivity index (χ1) is 16.1. The Balaban J connectivity index is 1.29. The van der Waals surface area contributed by atoms with Crippen LogP contribution in [0.2, 0.25) is 0 Å². The Labute approximate surface area is 198 Å². The number of nitriles is 1. The van der Waals surface area contributed by atoms with E-state index in [2.05, 4.69) is 41.4 Å². The molecule has 1 fully saturated rings. The first-order valence-corrected chi connectivity index (χ1v) is 12.0. The molecule has 0 saturated heterocycles. The summed E-state index contributed by atoms with van der Waals surface area (Å²) in [6.07, 6.45) is 8.80. The molecule has 33 heavy (non-hydrogen) atoms. The highest BCUT2D eigenvalue weighted by Gasteiger charge is 2.30. The van der Waals surface area contributed by atoms with Crippen LogP contribution in [0.15, 0.2) is 48.0 Å². The number of fused-ring (bicyclic) bond motifs is 1. The summed E-state index contributed by atoms with van der Waals surface area (Å²) in [6.45, 7) is 0. The minimum absolute atomic E-state index is 0.149. The molecule has 4 aromatic rings. The van der Waals surface area contributed by atoms with Crippen molar-refractivity contribution in [2.24, 2.45) is 0 Å². The topological polar surface area (TPSA) is 131 Å². The monoisotopic (exact) mass is 476 g/mol. The van der Waals surface area contributed by atoms with E-state index in [1.165, 1.54) is 23.3 Å². The molecule has 0 aliphatic heterocycles. The number of thiazole rings is 1. The number of H-pyrrole nitrogens is 1. The van der Waals surface area contributed by atoms with Gasteiger partial charge in [-0.25, -0.2) is 15.0 Å². The van der Waals surface area contributed by atoms with Crippen molar-refractivity contribution in [3.05, 3.63) is 53.4 Å². The molecule has 0 radical (unpaired) electrons. The number of aromatic nitrogens is 4. The smallest absolute Gasteiger partial charge is 0.262 e. The van der Waals surface area contributed by atoms with Gasteiger partial charge in [0.25, 0.3) is 5.91 Å². The summed E-state index contributed by atoms with van der Waals surface area (Å²) < 4.78 is 3.43. The highest BCUT2D eigenvalue weighted by molar-refractivity contribution is 7.97. The molecule has 0 bridgehead atoms. The molecule has 1 saturated carbocycles. The maximum Gasteiger partial charge on any atom is 0.262 e. The number of hydrogen-bond acceptors (Lipinski definition) is 9. The summed E-state index contributed by atoms with van der Waals surface area (Å²) in [5, 5.41) is 17.9. The molecule has 1 amide bonds. The SMILES string of the molecule is CNC(=O)c1cnc(-c2cnc3[nH]ccc3c2N[C@H]2C[C@@H](NSc3cc(C#N)ccn3)C2)s1. The molecule has 166 valence electrons. The zero-order chi connectivity index (χ0) is 22.8. The average molecular weight is 477 g/mol. The zero-order valence-corrected chi connectivity index (χ0v) is 19.3. The number of anilines is 1. The normalized spacial score (nSPS) is 17.3. The van der Waals surface area contributed by atoms with Crippen molar-refractivity contribution in [1.29, 1.82) is 5.26 Å². The fourth-order valence-corrected chi connectivity index (χ4v) is 5.32. The Morgan fingerprint density at radius 2 is 2.12 bits per heavy atom. The summed E-state index contributed by atoms with van der Waals surface area (Å²) >= 11 is 2.80. The summed E-state index contributed by atoms with van der Waals surface area (Å²) in [5.74, 6) is -0.149. The number of nitrogens with one attached hydrogen (secondary N) is 4. The zero-order valence-electron chi connectivity index (χ0n) is 17.6. The van der Waals surface area contributed by atoms with Crippen molar-refractivity contribution in [3.63, 3.8) is 0 Å². The highest BCUT2D eigenvalue weighted by Crippen LogP contribution is 2.38. The fraction of sp³-hybridized carbons (Fsp3) is 0.227. The predicted molar refractivity (Wildman–Crippen MR) is 129 cm³/mol. The largest absolute Gasteiger partial charge is 0.381 e. The maximum atomic E-state index is 12.0. The van der Waals surface area contributed by atoms with Crippen LogP contribution in [0.5, 0.6) is 0 Å². The number of amides is 1. The molecule has 11 heteroatoms. The molecule has 9 nitrogen and oxygen atoms in total. The minimum Gasteiger partial charge on any atom is -0.381 e. The summed E-state index contributed by atoms with van der Waals surface area (Å²) in [7, 11) is 1.61. The van der Waals surface area contributed by atoms with E-state index in [1.807, 2.05) is 12.3 Å². The number of pyridine rings is 2. The maximum absolute atomic E-state index is 12.0. The summed E-state index contributed by atoms with van der Waals surface area (Å²) in [4.78, 5) is 29.0. The second kappa shape index (κ2) is 9.19. The Morgan fingerprint density at radius 1 is 1.24 bits per heavy atom. The molecule has 4 N–H and O–H groups in total. The Kier molecular flexibility index (Phi) is 5.95. The van der Waals surface area contributed by atoms with Crippen molar-refractivity contribution in [1.82, 2.24) is 30.0 Å². The molecular weight excluding hydrogens is 456 g/mol. The van der Waals surface area contributed by atoms with Gasteiger partial charge in [0.15, 0.2) is 0 Å². The molecule has 5 rings (SSSR count). The van der Waals surface area contributed by atoms with Crippen LogP contribution in [-0.4, -0.2) is 45.0 Å². The third kappa shape index (κ3) is 4.41. The van der Waals surface area contributed by atoms with Crippen LogP contribution in [0.25, 0.3) is 21.6 Å². The third-order valence-corrected chi connectivity index (χ3v) is 7.37. The van der Waals surface area contributed by atoms with Gasteiger partial charge in [0, 0.05) is 43.1 Å². The lowest BCUT2D eigenvalue weighted by Gasteiger charge is -2.37. The third-order valence-electron chi connectivity index (χ3n) is 5.45. The number of rotatable bonds is 7. The van der Waals surface area contributed by atoms with Gasteiger partial charge in [-0.1, -0.05) is 0 Å². The van der Waals surface area contributed by atoms with E-state index in [9.17, 15) is 4.79 Å². The second-order valence-electron chi connectivity index (χ2n) is 7.62. The standard InChI is InChI=1S/C22H20N8OS2/c1-24-21(31)17-11-28-22(32-17)16-10-27-20-15(3-5-26-20)19(16)29-13-7-14(8-13)30-33-18-6-12(9-23)2-4-25-18/h2-6,10-11,13-14,30H,7-8H2,1H3,(H,24,31)(H2,26,27,29)/t13-,14+. The van der Waals surface area contributed by atoms with E-state index in [4.69, 9.17) is 5.26 Å². The minimum atomic E-state index is -0.149. The number of nitrogens with zero attached hydrogens (tertiary/aromatic N) is 4. The van der Waals surface area contributed by atoms with Crippen LogP contribution in [-0.2, 0) is 0 Å². The van der Waals surface area contributed by atoms with Crippen molar-refractivity contribution >= 4 is 45.9 Å². The van der Waals surface area contributed by atoms with E-state index in [0.29, 0.717) is 22.5 Å². The average Bonchev–Trinajstić information content (AvgIpc) is 3.50. The highest BCUT2D eigenvalue weighted by atomic mass is 32.2. The van der Waals surface area contributed by atoms with E-state index < -0.39 is 0 Å². The number of aromatic amines is 1. The Bertz CT molecular complexity index is 1350. The molecule has 1 aliphatic carbocycles. The van der Waals surface area contributed by atoms with E-state index in [0.717, 1.165) is 45.2 Å². The predicted octanol–water partition coefficient (Wildman–Crippen LogP) is 3.55. The van der Waals surface area contributed by atoms with Crippen molar-refractivity contribution in [2.45, 2.75) is 30.0 Å². The summed E-state index contributed by atoms with van der Waals surface area (Å²) in [5.41, 5.74) is 3.26. The summed E-state index contributed by atoms with van der Waals surface area (Å²) in [6, 6.07) is 8.24. The van der Waals surface area contributed by atoms with Crippen molar-refractivity contribution in [2.75, 3.05) is 12.4 Å². The molecule has 4 aromatic heterocycles. The number of carbonyl (C=O) groups is 1. The van der Waals surface area contributed by atoms with Crippen LogP contribution in [0.4, 0.5) is 5.69 Å². The van der Waals surface area contributed by atoms with Gasteiger partial charge in [-0.2, -0.15) is 5.26 Å².